The largest absolute Gasteiger partial charge is 0.454 e. The summed E-state index contributed by atoms with van der Waals surface area (Å²) in [7, 11) is -3.70. The van der Waals surface area contributed by atoms with Crippen LogP contribution in [0, 0.1) is 0 Å². The van der Waals surface area contributed by atoms with Crippen molar-refractivity contribution in [3.05, 3.63) is 48.0 Å². The fourth-order valence-corrected chi connectivity index (χ4v) is 5.13. The van der Waals surface area contributed by atoms with Crippen LogP contribution in [-0.4, -0.2) is 69.5 Å². The Morgan fingerprint density at radius 1 is 1.03 bits per heavy atom. The van der Waals surface area contributed by atoms with Crippen molar-refractivity contribution in [3.8, 4) is 11.5 Å². The van der Waals surface area contributed by atoms with Gasteiger partial charge in [-0.3, -0.25) is 9.69 Å². The number of para-hydroxylation sites is 1. The Balaban J connectivity index is 1.24. The van der Waals surface area contributed by atoms with Crippen LogP contribution in [-0.2, 0) is 10.0 Å². The van der Waals surface area contributed by atoms with E-state index in [1.807, 2.05) is 4.90 Å². The summed E-state index contributed by atoms with van der Waals surface area (Å²) >= 11 is 0. The molecule has 3 aliphatic heterocycles. The topological polar surface area (TPSA) is 101 Å². The molecule has 0 aliphatic carbocycles. The lowest BCUT2D eigenvalue weighted by atomic mass is 10.1. The molecule has 0 bridgehead atoms. The van der Waals surface area contributed by atoms with Gasteiger partial charge in [-0.05, 0) is 36.8 Å². The van der Waals surface area contributed by atoms with E-state index in [2.05, 4.69) is 14.6 Å². The van der Waals surface area contributed by atoms with Gasteiger partial charge in [-0.2, -0.15) is 8.42 Å². The van der Waals surface area contributed by atoms with Gasteiger partial charge < -0.3 is 19.7 Å². The molecule has 1 amide bonds. The van der Waals surface area contributed by atoms with Crippen LogP contribution >= 0.6 is 0 Å². The number of hydrogen-bond donors (Lipinski definition) is 1. The van der Waals surface area contributed by atoms with Gasteiger partial charge in [-0.15, -0.1) is 4.40 Å². The van der Waals surface area contributed by atoms with Crippen molar-refractivity contribution in [2.24, 2.45) is 4.40 Å². The summed E-state index contributed by atoms with van der Waals surface area (Å²) in [5.74, 6) is 1.58. The van der Waals surface area contributed by atoms with Gasteiger partial charge >= 0.3 is 0 Å². The molecular formula is C21H22N4O5S. The number of amides is 1. The Hall–Kier alpha value is -3.11. The van der Waals surface area contributed by atoms with Gasteiger partial charge in [-0.1, -0.05) is 12.1 Å². The second-order valence-corrected chi connectivity index (χ2v) is 9.20. The number of carbonyl (C=O) groups is 1. The average molecular weight is 442 g/mol. The quantitative estimate of drug-likeness (QED) is 0.773. The molecule has 162 valence electrons. The molecular weight excluding hydrogens is 420 g/mol. The first-order valence-electron chi connectivity index (χ1n) is 10.1. The lowest BCUT2D eigenvalue weighted by molar-refractivity contribution is 0.0762. The third-order valence-corrected chi connectivity index (χ3v) is 6.92. The van der Waals surface area contributed by atoms with Crippen molar-refractivity contribution in [1.29, 1.82) is 0 Å². The van der Waals surface area contributed by atoms with Crippen LogP contribution in [0.2, 0.25) is 0 Å². The monoisotopic (exact) mass is 442 g/mol. The second kappa shape index (κ2) is 7.86. The summed E-state index contributed by atoms with van der Waals surface area (Å²) in [5.41, 5.74) is 1.11. The van der Waals surface area contributed by atoms with Gasteiger partial charge in [-0.25, -0.2) is 0 Å². The van der Waals surface area contributed by atoms with Crippen LogP contribution in [0.15, 0.2) is 51.8 Å². The minimum Gasteiger partial charge on any atom is -0.454 e. The molecule has 0 unspecified atom stereocenters. The van der Waals surface area contributed by atoms with E-state index < -0.39 is 10.0 Å². The standard InChI is InChI=1S/C21H22N4O5S/c26-21(15-6-7-17-18(12-15)30-14-29-17)25-9-3-8-24(10-11-25)13-20-22-16-4-1-2-5-19(16)31(27,28)23-20/h1-2,4-7,12H,3,8-11,13-14H2,(H,22,23). The number of amidine groups is 1. The van der Waals surface area contributed by atoms with Crippen LogP contribution in [0.4, 0.5) is 5.69 Å². The van der Waals surface area contributed by atoms with Gasteiger partial charge in [0.1, 0.15) is 10.7 Å². The van der Waals surface area contributed by atoms with Crippen molar-refractivity contribution >= 4 is 27.5 Å². The highest BCUT2D eigenvalue weighted by atomic mass is 32.2. The maximum atomic E-state index is 13.0. The van der Waals surface area contributed by atoms with Crippen molar-refractivity contribution in [1.82, 2.24) is 9.80 Å². The van der Waals surface area contributed by atoms with Crippen molar-refractivity contribution in [2.45, 2.75) is 11.3 Å². The van der Waals surface area contributed by atoms with Crippen LogP contribution in [0.5, 0.6) is 11.5 Å². The van der Waals surface area contributed by atoms with Crippen molar-refractivity contribution in [3.63, 3.8) is 0 Å². The Kier molecular flexibility index (Phi) is 5.03. The van der Waals surface area contributed by atoms with Crippen LogP contribution < -0.4 is 14.8 Å². The van der Waals surface area contributed by atoms with Crippen molar-refractivity contribution < 1.29 is 22.7 Å². The lowest BCUT2D eigenvalue weighted by Gasteiger charge is -2.24. The van der Waals surface area contributed by atoms with Crippen LogP contribution in [0.3, 0.4) is 0 Å². The molecule has 1 saturated heterocycles. The molecule has 0 spiro atoms. The summed E-state index contributed by atoms with van der Waals surface area (Å²) in [6.45, 7) is 3.09. The summed E-state index contributed by atoms with van der Waals surface area (Å²) in [4.78, 5) is 17.1. The van der Waals surface area contributed by atoms with Gasteiger partial charge in [0.25, 0.3) is 15.9 Å². The second-order valence-electron chi connectivity index (χ2n) is 7.62. The fraction of sp³-hybridized carbons (Fsp3) is 0.333. The SMILES string of the molecule is O=C(c1ccc2c(c1)OCO2)N1CCCN(CC2=NS(=O)(=O)c3ccccc3N2)CC1. The molecule has 0 aromatic heterocycles. The lowest BCUT2D eigenvalue weighted by Crippen LogP contribution is -2.39. The Labute approximate surface area is 180 Å². The number of rotatable bonds is 3. The van der Waals surface area contributed by atoms with E-state index >= 15 is 0 Å². The number of nitrogens with one attached hydrogen (secondary N) is 1. The summed E-state index contributed by atoms with van der Waals surface area (Å²) in [6.07, 6.45) is 0.785. The number of hydrogen-bond acceptors (Lipinski definition) is 7. The molecule has 1 N–H and O–H groups in total. The zero-order valence-corrected chi connectivity index (χ0v) is 17.6. The first-order valence-corrected chi connectivity index (χ1v) is 11.5. The van der Waals surface area contributed by atoms with E-state index in [1.165, 1.54) is 0 Å². The number of ether oxygens (including phenoxy) is 2. The smallest absolute Gasteiger partial charge is 0.286 e. The Bertz CT molecular complexity index is 1160. The zero-order chi connectivity index (χ0) is 21.4. The molecule has 3 aliphatic rings. The van der Waals surface area contributed by atoms with Crippen LogP contribution in [0.25, 0.3) is 0 Å². The van der Waals surface area contributed by atoms with E-state index in [4.69, 9.17) is 9.47 Å². The number of benzene rings is 2. The molecule has 9 nitrogen and oxygen atoms in total. The first kappa shape index (κ1) is 19.8. The number of carbonyl (C=O) groups excluding carboxylic acids is 1. The number of fused-ring (bicyclic) bond motifs is 2. The minimum absolute atomic E-state index is 0.0511. The molecule has 1 fully saturated rings. The minimum atomic E-state index is -3.70. The highest BCUT2D eigenvalue weighted by molar-refractivity contribution is 7.90. The first-order chi connectivity index (χ1) is 15.0. The van der Waals surface area contributed by atoms with E-state index in [0.717, 1.165) is 13.0 Å². The number of nitrogens with zero attached hydrogens (tertiary/aromatic N) is 3. The van der Waals surface area contributed by atoms with Gasteiger partial charge in [0.2, 0.25) is 6.79 Å². The molecule has 31 heavy (non-hydrogen) atoms. The molecule has 0 radical (unpaired) electrons. The third-order valence-electron chi connectivity index (χ3n) is 5.54. The predicted molar refractivity (Wildman–Crippen MR) is 114 cm³/mol. The normalized spacial score (nSPS) is 19.7. The zero-order valence-electron chi connectivity index (χ0n) is 16.8. The molecule has 0 atom stereocenters. The molecule has 2 aromatic carbocycles. The maximum Gasteiger partial charge on any atom is 0.286 e. The Morgan fingerprint density at radius 3 is 2.77 bits per heavy atom. The summed E-state index contributed by atoms with van der Waals surface area (Å²) < 4.78 is 39.5. The number of anilines is 1. The summed E-state index contributed by atoms with van der Waals surface area (Å²) in [5, 5.41) is 3.13. The molecule has 5 rings (SSSR count). The molecule has 2 aromatic rings. The summed E-state index contributed by atoms with van der Waals surface area (Å²) in [6, 6.07) is 12.0. The number of sulfonamides is 1. The van der Waals surface area contributed by atoms with Crippen molar-refractivity contribution in [2.75, 3.05) is 44.8 Å². The molecule has 10 heteroatoms. The van der Waals surface area contributed by atoms with E-state index in [1.54, 1.807) is 42.5 Å². The fourth-order valence-electron chi connectivity index (χ4n) is 3.99. The highest BCUT2D eigenvalue weighted by Gasteiger charge is 2.27. The van der Waals surface area contributed by atoms with E-state index in [-0.39, 0.29) is 17.6 Å². The van der Waals surface area contributed by atoms with Crippen LogP contribution in [0.1, 0.15) is 16.8 Å². The molecule has 3 heterocycles. The van der Waals surface area contributed by atoms with Gasteiger partial charge in [0.15, 0.2) is 11.5 Å². The maximum absolute atomic E-state index is 13.0. The van der Waals surface area contributed by atoms with Gasteiger partial charge in [0.05, 0.1) is 12.2 Å². The Morgan fingerprint density at radius 2 is 1.87 bits per heavy atom. The highest BCUT2D eigenvalue weighted by Crippen LogP contribution is 2.33. The molecule has 0 saturated carbocycles. The van der Waals surface area contributed by atoms with Gasteiger partial charge in [0, 0.05) is 31.7 Å². The predicted octanol–water partition coefficient (Wildman–Crippen LogP) is 1.78. The average Bonchev–Trinajstić information content (AvgIpc) is 3.11. The van der Waals surface area contributed by atoms with E-state index in [9.17, 15) is 13.2 Å². The third kappa shape index (κ3) is 3.96. The van der Waals surface area contributed by atoms with E-state index in [0.29, 0.717) is 54.8 Å².